The van der Waals surface area contributed by atoms with Gasteiger partial charge >= 0.3 is 17.9 Å². The summed E-state index contributed by atoms with van der Waals surface area (Å²) in [4.78, 5) is 38.0. The second-order valence-corrected chi connectivity index (χ2v) is 19.2. The van der Waals surface area contributed by atoms with Gasteiger partial charge in [0.25, 0.3) is 0 Å². The highest BCUT2D eigenvalue weighted by Crippen LogP contribution is 2.16. The number of hydrogen-bond donors (Lipinski definition) is 0. The van der Waals surface area contributed by atoms with Gasteiger partial charge in [-0.2, -0.15) is 0 Å². The Hall–Kier alpha value is -2.89. The molecule has 0 rings (SSSR count). The van der Waals surface area contributed by atoms with Gasteiger partial charge < -0.3 is 14.2 Å². The van der Waals surface area contributed by atoms with E-state index in [1.807, 2.05) is 0 Å². The van der Waals surface area contributed by atoms with Crippen LogP contribution >= 0.6 is 0 Å². The monoisotopic (exact) mass is 937 g/mol. The van der Waals surface area contributed by atoms with Crippen molar-refractivity contribution in [3.63, 3.8) is 0 Å². The Morgan fingerprint density at radius 2 is 0.582 bits per heavy atom. The lowest BCUT2D eigenvalue weighted by Crippen LogP contribution is -2.30. The lowest BCUT2D eigenvalue weighted by atomic mass is 10.0. The summed E-state index contributed by atoms with van der Waals surface area (Å²) >= 11 is 0. The van der Waals surface area contributed by atoms with Gasteiger partial charge in [-0.1, -0.05) is 248 Å². The molecule has 0 saturated heterocycles. The van der Waals surface area contributed by atoms with Gasteiger partial charge in [-0.15, -0.1) is 0 Å². The van der Waals surface area contributed by atoms with Crippen molar-refractivity contribution in [1.82, 2.24) is 0 Å². The fourth-order valence-electron chi connectivity index (χ4n) is 8.19. The first-order valence-electron chi connectivity index (χ1n) is 28.8. The number of hydrogen-bond acceptors (Lipinski definition) is 6. The summed E-state index contributed by atoms with van der Waals surface area (Å²) in [5.74, 6) is -0.900. The number of rotatable bonds is 52. The molecular weight excluding hydrogens is 829 g/mol. The average molecular weight is 938 g/mol. The van der Waals surface area contributed by atoms with Crippen LogP contribution in [0.15, 0.2) is 60.8 Å². The molecule has 0 aromatic rings. The third-order valence-corrected chi connectivity index (χ3v) is 12.5. The highest BCUT2D eigenvalue weighted by atomic mass is 16.6. The molecule has 0 aliphatic rings. The minimum atomic E-state index is -0.784. The molecule has 1 atom stereocenters. The maximum atomic E-state index is 12.8. The van der Waals surface area contributed by atoms with Crippen LogP contribution in [-0.4, -0.2) is 37.2 Å². The van der Waals surface area contributed by atoms with Crippen molar-refractivity contribution in [2.45, 2.75) is 297 Å². The molecule has 0 bridgehead atoms. The predicted molar refractivity (Wildman–Crippen MR) is 288 cm³/mol. The molecule has 0 radical (unpaired) electrons. The highest BCUT2D eigenvalue weighted by molar-refractivity contribution is 5.71. The molecule has 0 N–H and O–H groups in total. The summed E-state index contributed by atoms with van der Waals surface area (Å²) in [6.45, 7) is 6.51. The Kier molecular flexibility index (Phi) is 53.3. The zero-order valence-electron chi connectivity index (χ0n) is 44.4. The van der Waals surface area contributed by atoms with Crippen LogP contribution in [0.25, 0.3) is 0 Å². The number of unbranched alkanes of at least 4 members (excludes halogenated alkanes) is 31. The van der Waals surface area contributed by atoms with Crippen LogP contribution in [0, 0.1) is 0 Å². The smallest absolute Gasteiger partial charge is 0.306 e. The van der Waals surface area contributed by atoms with Gasteiger partial charge in [-0.25, -0.2) is 0 Å². The molecule has 0 aliphatic carbocycles. The van der Waals surface area contributed by atoms with E-state index in [-0.39, 0.29) is 31.1 Å². The van der Waals surface area contributed by atoms with E-state index in [4.69, 9.17) is 14.2 Å². The Bertz CT molecular complexity index is 1210. The van der Waals surface area contributed by atoms with Crippen LogP contribution in [0.3, 0.4) is 0 Å². The molecule has 1 unspecified atom stereocenters. The van der Waals surface area contributed by atoms with Crippen molar-refractivity contribution in [3.8, 4) is 0 Å². The second-order valence-electron chi connectivity index (χ2n) is 19.2. The lowest BCUT2D eigenvalue weighted by molar-refractivity contribution is -0.167. The molecular formula is C61H108O6. The zero-order chi connectivity index (χ0) is 48.6. The summed E-state index contributed by atoms with van der Waals surface area (Å²) in [6.07, 6.45) is 69.4. The number of allylic oxidation sites excluding steroid dienone is 10. The molecule has 67 heavy (non-hydrogen) atoms. The number of carbonyl (C=O) groups is 3. The third kappa shape index (κ3) is 53.9. The molecule has 0 aromatic carbocycles. The number of esters is 3. The maximum Gasteiger partial charge on any atom is 0.306 e. The van der Waals surface area contributed by atoms with Crippen LogP contribution in [0.5, 0.6) is 0 Å². The van der Waals surface area contributed by atoms with Crippen molar-refractivity contribution in [2.24, 2.45) is 0 Å². The lowest BCUT2D eigenvalue weighted by Gasteiger charge is -2.18. The minimum absolute atomic E-state index is 0.0824. The quantitative estimate of drug-likeness (QED) is 0.0262. The molecule has 0 saturated carbocycles. The Morgan fingerprint density at radius 3 is 0.925 bits per heavy atom. The molecule has 0 amide bonds. The molecule has 0 aliphatic heterocycles. The first-order chi connectivity index (χ1) is 33.0. The van der Waals surface area contributed by atoms with E-state index in [0.29, 0.717) is 19.3 Å². The molecule has 0 aromatic heterocycles. The molecule has 0 spiro atoms. The van der Waals surface area contributed by atoms with E-state index in [1.165, 1.54) is 154 Å². The van der Waals surface area contributed by atoms with Crippen LogP contribution in [-0.2, 0) is 28.6 Å². The van der Waals surface area contributed by atoms with Gasteiger partial charge in [0.15, 0.2) is 6.10 Å². The van der Waals surface area contributed by atoms with Gasteiger partial charge in [0.2, 0.25) is 0 Å². The van der Waals surface area contributed by atoms with Gasteiger partial charge in [0.1, 0.15) is 13.2 Å². The predicted octanol–water partition coefficient (Wildman–Crippen LogP) is 19.2. The van der Waals surface area contributed by atoms with Crippen molar-refractivity contribution in [3.05, 3.63) is 60.8 Å². The first-order valence-corrected chi connectivity index (χ1v) is 28.8. The van der Waals surface area contributed by atoms with Crippen molar-refractivity contribution in [2.75, 3.05) is 13.2 Å². The van der Waals surface area contributed by atoms with Gasteiger partial charge in [0.05, 0.1) is 0 Å². The molecule has 6 nitrogen and oxygen atoms in total. The summed E-state index contributed by atoms with van der Waals surface area (Å²) in [5, 5.41) is 0. The topological polar surface area (TPSA) is 78.9 Å². The van der Waals surface area contributed by atoms with E-state index in [2.05, 4.69) is 81.5 Å². The molecule has 0 fully saturated rings. The standard InChI is InChI=1S/C61H108O6/c1-4-7-10-13-16-19-21-23-25-27-28-29-30-31-32-34-35-37-39-42-45-48-51-54-60(63)66-57-58(56-65-59(62)53-50-47-44-41-18-15-12-9-6-3)67-61(64)55-52-49-46-43-40-38-36-33-26-24-22-20-17-14-11-8-5-2/h8,11,17,20,24,26-28,36,38,58H,4-7,9-10,12-16,18-19,21-23,25,29-35,37,39-57H2,1-3H3/b11-8-,20-17-,26-24-,28-27-,38-36-. The SMILES string of the molecule is CC/C=C\C/C=C\C/C=C\C/C=C\CCCCCCC(=O)OC(COC(=O)CCCCCCCCCCC)COC(=O)CCCCCCCCCCCCC/C=C\CCCCCCCCCC. The normalized spacial score (nSPS) is 12.5. The van der Waals surface area contributed by atoms with Crippen molar-refractivity contribution >= 4 is 17.9 Å². The number of carbonyl (C=O) groups excluding carboxylic acids is 3. The summed E-state index contributed by atoms with van der Waals surface area (Å²) in [7, 11) is 0. The third-order valence-electron chi connectivity index (χ3n) is 12.5. The average Bonchev–Trinajstić information content (AvgIpc) is 3.33. The summed E-state index contributed by atoms with van der Waals surface area (Å²) in [5.41, 5.74) is 0. The zero-order valence-corrected chi connectivity index (χ0v) is 44.4. The molecule has 388 valence electrons. The van der Waals surface area contributed by atoms with Gasteiger partial charge in [-0.3, -0.25) is 14.4 Å². The van der Waals surface area contributed by atoms with Crippen molar-refractivity contribution < 1.29 is 28.6 Å². The second kappa shape index (κ2) is 55.7. The van der Waals surface area contributed by atoms with E-state index in [0.717, 1.165) is 96.3 Å². The maximum absolute atomic E-state index is 12.8. The van der Waals surface area contributed by atoms with Gasteiger partial charge in [-0.05, 0) is 83.5 Å². The van der Waals surface area contributed by atoms with Gasteiger partial charge in [0, 0.05) is 19.3 Å². The van der Waals surface area contributed by atoms with Crippen LogP contribution in [0.1, 0.15) is 290 Å². The minimum Gasteiger partial charge on any atom is -0.462 e. The Labute approximate surface area is 415 Å². The molecule has 0 heterocycles. The van der Waals surface area contributed by atoms with E-state index in [1.54, 1.807) is 0 Å². The summed E-state index contributed by atoms with van der Waals surface area (Å²) < 4.78 is 16.8. The largest absolute Gasteiger partial charge is 0.462 e. The highest BCUT2D eigenvalue weighted by Gasteiger charge is 2.19. The summed E-state index contributed by atoms with van der Waals surface area (Å²) in [6, 6.07) is 0. The fourth-order valence-corrected chi connectivity index (χ4v) is 8.19. The Balaban J connectivity index is 4.26. The van der Waals surface area contributed by atoms with Crippen LogP contribution < -0.4 is 0 Å². The fraction of sp³-hybridized carbons (Fsp3) is 0.787. The van der Waals surface area contributed by atoms with Crippen LogP contribution in [0.4, 0.5) is 0 Å². The van der Waals surface area contributed by atoms with E-state index >= 15 is 0 Å². The van der Waals surface area contributed by atoms with Crippen LogP contribution in [0.2, 0.25) is 0 Å². The Morgan fingerprint density at radius 1 is 0.313 bits per heavy atom. The molecule has 6 heteroatoms. The van der Waals surface area contributed by atoms with Crippen molar-refractivity contribution in [1.29, 1.82) is 0 Å². The number of ether oxygens (including phenoxy) is 3. The first kappa shape index (κ1) is 64.1. The van der Waals surface area contributed by atoms with E-state index < -0.39 is 6.10 Å². The van der Waals surface area contributed by atoms with E-state index in [9.17, 15) is 14.4 Å².